The number of hydrogen-bond donors (Lipinski definition) is 3. The number of esters is 1. The second kappa shape index (κ2) is 8.82. The molecule has 10 nitrogen and oxygen atoms in total. The molecule has 36 heavy (non-hydrogen) atoms. The average Bonchev–Trinajstić information content (AvgIpc) is 3.24. The lowest BCUT2D eigenvalue weighted by molar-refractivity contribution is -0.118. The van der Waals surface area contributed by atoms with Gasteiger partial charge in [-0.25, -0.2) is 14.8 Å². The maximum atomic E-state index is 13.0. The molecular weight excluding hydrogens is 464 g/mol. The lowest BCUT2D eigenvalue weighted by Gasteiger charge is -2.16. The monoisotopic (exact) mass is 484 g/mol. The Bertz CT molecular complexity index is 1630. The number of amides is 1. The van der Waals surface area contributed by atoms with Crippen LogP contribution in [0.4, 0.5) is 0 Å². The summed E-state index contributed by atoms with van der Waals surface area (Å²) in [7, 11) is 0. The van der Waals surface area contributed by atoms with Gasteiger partial charge < -0.3 is 20.1 Å². The number of rotatable bonds is 5. The maximum Gasteiger partial charge on any atom is 0.357 e. The lowest BCUT2D eigenvalue weighted by Crippen LogP contribution is -2.30. The van der Waals surface area contributed by atoms with E-state index in [4.69, 9.17) is 4.74 Å². The summed E-state index contributed by atoms with van der Waals surface area (Å²) >= 11 is 0. The molecule has 3 aromatic heterocycles. The van der Waals surface area contributed by atoms with Crippen LogP contribution in [0.1, 0.15) is 45.2 Å². The molecule has 1 aliphatic carbocycles. The Morgan fingerprint density at radius 3 is 2.61 bits per heavy atom. The highest BCUT2D eigenvalue weighted by atomic mass is 16.6. The molecule has 0 spiro atoms. The van der Waals surface area contributed by atoms with Gasteiger partial charge in [-0.15, -0.1) is 0 Å². The molecule has 1 aromatic carbocycles. The predicted molar refractivity (Wildman–Crippen MR) is 129 cm³/mol. The predicted octanol–water partition coefficient (Wildman–Crippen LogP) is 2.71. The fourth-order valence-corrected chi connectivity index (χ4v) is 4.06. The Labute approximate surface area is 204 Å². The Balaban J connectivity index is 1.70. The van der Waals surface area contributed by atoms with Gasteiger partial charge in [0.15, 0.2) is 5.78 Å². The molecule has 180 valence electrons. The van der Waals surface area contributed by atoms with Gasteiger partial charge in [-0.2, -0.15) is 0 Å². The quantitative estimate of drug-likeness (QED) is 0.366. The third kappa shape index (κ3) is 3.93. The second-order valence-corrected chi connectivity index (χ2v) is 8.37. The van der Waals surface area contributed by atoms with Crippen LogP contribution in [0.25, 0.3) is 33.2 Å². The fourth-order valence-electron chi connectivity index (χ4n) is 4.06. The van der Waals surface area contributed by atoms with E-state index in [-0.39, 0.29) is 40.6 Å². The maximum absolute atomic E-state index is 13.0. The van der Waals surface area contributed by atoms with Crippen LogP contribution < -0.4 is 5.32 Å². The molecular formula is C26H20N4O6. The number of nitrogens with zero attached hydrogens (tertiary/aromatic N) is 2. The number of allylic oxidation sites excluding steroid dienone is 2. The number of aromatic amines is 1. The van der Waals surface area contributed by atoms with Crippen molar-refractivity contribution < 1.29 is 29.0 Å². The summed E-state index contributed by atoms with van der Waals surface area (Å²) in [4.78, 5) is 62.0. The van der Waals surface area contributed by atoms with Gasteiger partial charge in [0.05, 0.1) is 29.1 Å². The molecule has 0 saturated heterocycles. The minimum absolute atomic E-state index is 0.0108. The zero-order valence-electron chi connectivity index (χ0n) is 19.3. The van der Waals surface area contributed by atoms with Crippen LogP contribution in [0.2, 0.25) is 0 Å². The van der Waals surface area contributed by atoms with Crippen LogP contribution in [-0.4, -0.2) is 56.2 Å². The number of aliphatic hydroxyl groups excluding tert-OH is 1. The van der Waals surface area contributed by atoms with Gasteiger partial charge in [0.25, 0.3) is 0 Å². The number of aliphatic hydroxyl groups is 1. The highest BCUT2D eigenvalue weighted by molar-refractivity contribution is 6.24. The molecule has 1 unspecified atom stereocenters. The van der Waals surface area contributed by atoms with Gasteiger partial charge >= 0.3 is 5.97 Å². The summed E-state index contributed by atoms with van der Waals surface area (Å²) in [6, 6.07) is 12.1. The summed E-state index contributed by atoms with van der Waals surface area (Å²) in [5.41, 5.74) is 1.67. The van der Waals surface area contributed by atoms with E-state index in [1.807, 2.05) is 24.3 Å². The number of ketones is 2. The first kappa shape index (κ1) is 23.1. The van der Waals surface area contributed by atoms with Crippen molar-refractivity contribution in [2.75, 3.05) is 6.61 Å². The second-order valence-electron chi connectivity index (χ2n) is 8.37. The largest absolute Gasteiger partial charge is 0.456 e. The zero-order chi connectivity index (χ0) is 25.6. The van der Waals surface area contributed by atoms with Crippen molar-refractivity contribution in [2.24, 2.45) is 0 Å². The number of benzene rings is 1. The molecule has 0 bridgehead atoms. The smallest absolute Gasteiger partial charge is 0.357 e. The SMILES string of the molecule is CC(=O)NC1=CC(=O)c2ccc(-c3nc(C(=O)OC(C)CO)cc4c3[nH]c3ccccc34)nc2C1=O. The van der Waals surface area contributed by atoms with Crippen LogP contribution in [0.15, 0.2) is 54.2 Å². The number of H-pyrrole nitrogens is 1. The number of ether oxygens (including phenoxy) is 1. The number of Topliss-reactive ketones (excluding diaryl/α,β-unsaturated/α-hetero) is 1. The van der Waals surface area contributed by atoms with Crippen molar-refractivity contribution in [3.8, 4) is 11.4 Å². The van der Waals surface area contributed by atoms with E-state index in [0.29, 0.717) is 10.9 Å². The van der Waals surface area contributed by atoms with E-state index in [2.05, 4.69) is 20.3 Å². The first-order valence-electron chi connectivity index (χ1n) is 11.1. The number of fused-ring (bicyclic) bond motifs is 4. The third-order valence-corrected chi connectivity index (χ3v) is 5.72. The first-order valence-corrected chi connectivity index (χ1v) is 11.1. The number of pyridine rings is 2. The number of aromatic nitrogens is 3. The van der Waals surface area contributed by atoms with Gasteiger partial charge in [0, 0.05) is 29.3 Å². The summed E-state index contributed by atoms with van der Waals surface area (Å²) in [6.45, 7) is 2.44. The summed E-state index contributed by atoms with van der Waals surface area (Å²) in [6.07, 6.45) is 0.339. The number of hydrogen-bond acceptors (Lipinski definition) is 8. The molecule has 0 radical (unpaired) electrons. The Kier molecular flexibility index (Phi) is 5.65. The Hall–Kier alpha value is -4.70. The Morgan fingerprint density at radius 1 is 1.08 bits per heavy atom. The molecule has 0 aliphatic heterocycles. The lowest BCUT2D eigenvalue weighted by atomic mass is 9.96. The molecule has 4 aromatic rings. The molecule has 0 saturated carbocycles. The van der Waals surface area contributed by atoms with Gasteiger partial charge in [-0.3, -0.25) is 14.4 Å². The normalized spacial score (nSPS) is 13.9. The Morgan fingerprint density at radius 2 is 1.86 bits per heavy atom. The molecule has 10 heteroatoms. The highest BCUT2D eigenvalue weighted by Crippen LogP contribution is 2.33. The van der Waals surface area contributed by atoms with Gasteiger partial charge in [0.1, 0.15) is 23.2 Å². The van der Waals surface area contributed by atoms with Crippen LogP contribution in [0.3, 0.4) is 0 Å². The van der Waals surface area contributed by atoms with E-state index >= 15 is 0 Å². The molecule has 3 N–H and O–H groups in total. The molecule has 1 amide bonds. The summed E-state index contributed by atoms with van der Waals surface area (Å²) < 4.78 is 5.26. The molecule has 3 heterocycles. The van der Waals surface area contributed by atoms with E-state index < -0.39 is 29.5 Å². The van der Waals surface area contributed by atoms with Gasteiger partial charge in [-0.1, -0.05) is 18.2 Å². The average molecular weight is 484 g/mol. The van der Waals surface area contributed by atoms with E-state index in [0.717, 1.165) is 17.0 Å². The highest BCUT2D eigenvalue weighted by Gasteiger charge is 2.29. The number of carbonyl (C=O) groups is 4. The molecule has 0 fully saturated rings. The third-order valence-electron chi connectivity index (χ3n) is 5.72. The fraction of sp³-hybridized carbons (Fsp3) is 0.154. The van der Waals surface area contributed by atoms with E-state index in [9.17, 15) is 24.3 Å². The number of carbonyl (C=O) groups excluding carboxylic acids is 4. The first-order chi connectivity index (χ1) is 17.3. The summed E-state index contributed by atoms with van der Waals surface area (Å²) in [5.74, 6) is -2.30. The van der Waals surface area contributed by atoms with Crippen molar-refractivity contribution in [2.45, 2.75) is 20.0 Å². The molecule has 1 atom stereocenters. The van der Waals surface area contributed by atoms with Crippen LogP contribution in [0, 0.1) is 0 Å². The standard InChI is InChI=1S/C26H20N4O6/c1-12(11-31)36-26(35)20-9-16-14-5-3-4-6-17(14)28-22(16)24(30-20)18-8-7-15-21(33)10-19(27-13(2)32)25(34)23(15)29-18/h3-10,12,28,31H,11H2,1-2H3,(H,27,32). The minimum atomic E-state index is -0.731. The van der Waals surface area contributed by atoms with Crippen molar-refractivity contribution in [3.05, 3.63) is 71.2 Å². The van der Waals surface area contributed by atoms with Crippen LogP contribution in [0.5, 0.6) is 0 Å². The topological polar surface area (TPSA) is 151 Å². The van der Waals surface area contributed by atoms with Crippen LogP contribution in [-0.2, 0) is 9.53 Å². The van der Waals surface area contributed by atoms with Gasteiger partial charge in [-0.05, 0) is 31.2 Å². The minimum Gasteiger partial charge on any atom is -0.456 e. The number of para-hydroxylation sites is 1. The molecule has 5 rings (SSSR count). The molecule has 1 aliphatic rings. The van der Waals surface area contributed by atoms with Crippen molar-refractivity contribution in [1.82, 2.24) is 20.3 Å². The van der Waals surface area contributed by atoms with Gasteiger partial charge in [0.2, 0.25) is 11.7 Å². The van der Waals surface area contributed by atoms with Crippen LogP contribution >= 0.6 is 0 Å². The zero-order valence-corrected chi connectivity index (χ0v) is 19.3. The van der Waals surface area contributed by atoms with Crippen molar-refractivity contribution >= 4 is 45.2 Å². The van der Waals surface area contributed by atoms with E-state index in [1.165, 1.54) is 13.0 Å². The van der Waals surface area contributed by atoms with E-state index in [1.54, 1.807) is 19.1 Å². The number of nitrogens with one attached hydrogen (secondary N) is 2. The van der Waals surface area contributed by atoms with Crippen molar-refractivity contribution in [3.63, 3.8) is 0 Å². The van der Waals surface area contributed by atoms with Crippen molar-refractivity contribution in [1.29, 1.82) is 0 Å². The summed E-state index contributed by atoms with van der Waals surface area (Å²) in [5, 5.41) is 13.2.